The van der Waals surface area contributed by atoms with Gasteiger partial charge in [0, 0.05) is 17.5 Å². The van der Waals surface area contributed by atoms with Gasteiger partial charge in [0.1, 0.15) is 12.2 Å². The number of tetrazole rings is 1. The van der Waals surface area contributed by atoms with Crippen molar-refractivity contribution in [1.82, 2.24) is 35.0 Å². The van der Waals surface area contributed by atoms with Crippen LogP contribution in [-0.4, -0.2) is 35.0 Å². The van der Waals surface area contributed by atoms with Crippen LogP contribution in [-0.2, 0) is 13.0 Å². The maximum absolute atomic E-state index is 4.87. The average Bonchev–Trinajstić information content (AvgIpc) is 3.54. The Morgan fingerprint density at radius 1 is 0.848 bits per heavy atom. The first kappa shape index (κ1) is 20.5. The summed E-state index contributed by atoms with van der Waals surface area (Å²) in [6, 6.07) is 26.6. The largest absolute Gasteiger partial charge is 0.245 e. The SMILES string of the molecule is C/C=C/Cc1nc(-c2ccccc2)nn1Cc1ccccc1-c1ccccc1-n1cnnn1. The lowest BCUT2D eigenvalue weighted by atomic mass is 9.98. The van der Waals surface area contributed by atoms with Crippen LogP contribution in [0.3, 0.4) is 0 Å². The molecule has 0 unspecified atom stereocenters. The Morgan fingerprint density at radius 2 is 1.61 bits per heavy atom. The van der Waals surface area contributed by atoms with Gasteiger partial charge >= 0.3 is 0 Å². The molecule has 3 aromatic carbocycles. The zero-order valence-corrected chi connectivity index (χ0v) is 18.3. The van der Waals surface area contributed by atoms with Gasteiger partial charge in [-0.05, 0) is 34.5 Å². The zero-order chi connectivity index (χ0) is 22.5. The van der Waals surface area contributed by atoms with Crippen LogP contribution in [0.25, 0.3) is 28.2 Å². The lowest BCUT2D eigenvalue weighted by Gasteiger charge is -2.14. The summed E-state index contributed by atoms with van der Waals surface area (Å²) in [5.41, 5.74) is 5.24. The smallest absolute Gasteiger partial charge is 0.181 e. The summed E-state index contributed by atoms with van der Waals surface area (Å²) in [7, 11) is 0. The first-order chi connectivity index (χ1) is 16.3. The van der Waals surface area contributed by atoms with Crippen LogP contribution in [0.1, 0.15) is 18.3 Å². The van der Waals surface area contributed by atoms with E-state index in [1.54, 1.807) is 11.0 Å². The lowest BCUT2D eigenvalue weighted by molar-refractivity contribution is 0.652. The molecule has 0 fully saturated rings. The van der Waals surface area contributed by atoms with E-state index in [2.05, 4.69) is 45.9 Å². The first-order valence-corrected chi connectivity index (χ1v) is 10.8. The quantitative estimate of drug-likeness (QED) is 0.346. The Kier molecular flexibility index (Phi) is 5.84. The highest BCUT2D eigenvalue weighted by Gasteiger charge is 2.15. The van der Waals surface area contributed by atoms with E-state index in [1.807, 2.05) is 72.3 Å². The fourth-order valence-electron chi connectivity index (χ4n) is 3.84. The Balaban J connectivity index is 1.57. The molecule has 0 N–H and O–H groups in total. The Labute approximate surface area is 192 Å². The summed E-state index contributed by atoms with van der Waals surface area (Å²) in [6.45, 7) is 2.62. The monoisotopic (exact) mass is 433 g/mol. The minimum atomic E-state index is 0.604. The second-order valence-electron chi connectivity index (χ2n) is 7.58. The lowest BCUT2D eigenvalue weighted by Crippen LogP contribution is -2.08. The van der Waals surface area contributed by atoms with Crippen LogP contribution in [0.4, 0.5) is 0 Å². The summed E-state index contributed by atoms with van der Waals surface area (Å²) in [6.07, 6.45) is 6.48. The number of benzene rings is 3. The number of aromatic nitrogens is 7. The van der Waals surface area contributed by atoms with Crippen molar-refractivity contribution in [2.24, 2.45) is 0 Å². The summed E-state index contributed by atoms with van der Waals surface area (Å²) in [5.74, 6) is 1.66. The molecule has 33 heavy (non-hydrogen) atoms. The molecule has 7 heteroatoms. The summed E-state index contributed by atoms with van der Waals surface area (Å²) in [5, 5.41) is 16.6. The van der Waals surface area contributed by atoms with E-state index < -0.39 is 0 Å². The fourth-order valence-corrected chi connectivity index (χ4v) is 3.84. The molecule has 0 saturated carbocycles. The van der Waals surface area contributed by atoms with E-state index in [9.17, 15) is 0 Å². The zero-order valence-electron chi connectivity index (χ0n) is 18.3. The van der Waals surface area contributed by atoms with E-state index >= 15 is 0 Å². The Hall–Kier alpha value is -4.39. The minimum Gasteiger partial charge on any atom is -0.245 e. The molecule has 0 aliphatic carbocycles. The molecular weight excluding hydrogens is 410 g/mol. The van der Waals surface area contributed by atoms with Gasteiger partial charge in [-0.25, -0.2) is 9.67 Å². The van der Waals surface area contributed by atoms with Gasteiger partial charge in [0.25, 0.3) is 0 Å². The van der Waals surface area contributed by atoms with E-state index in [0.29, 0.717) is 6.54 Å². The topological polar surface area (TPSA) is 74.3 Å². The second-order valence-corrected chi connectivity index (χ2v) is 7.58. The summed E-state index contributed by atoms with van der Waals surface area (Å²) in [4.78, 5) is 4.84. The average molecular weight is 434 g/mol. The van der Waals surface area contributed by atoms with Crippen molar-refractivity contribution in [3.63, 3.8) is 0 Å². The van der Waals surface area contributed by atoms with Crippen LogP contribution < -0.4 is 0 Å². The molecular formula is C26H23N7. The third kappa shape index (κ3) is 4.34. The van der Waals surface area contributed by atoms with Crippen LogP contribution in [0.5, 0.6) is 0 Å². The number of para-hydroxylation sites is 1. The Morgan fingerprint density at radius 3 is 2.39 bits per heavy atom. The maximum Gasteiger partial charge on any atom is 0.181 e. The maximum atomic E-state index is 4.87. The molecule has 2 aromatic heterocycles. The van der Waals surface area contributed by atoms with Gasteiger partial charge < -0.3 is 0 Å². The number of allylic oxidation sites excluding steroid dienone is 2. The van der Waals surface area contributed by atoms with Crippen molar-refractivity contribution < 1.29 is 0 Å². The normalized spacial score (nSPS) is 11.3. The third-order valence-electron chi connectivity index (χ3n) is 5.44. The molecule has 0 radical (unpaired) electrons. The van der Waals surface area contributed by atoms with Gasteiger partial charge in [0.05, 0.1) is 12.2 Å². The predicted molar refractivity (Wildman–Crippen MR) is 128 cm³/mol. The first-order valence-electron chi connectivity index (χ1n) is 10.8. The third-order valence-corrected chi connectivity index (χ3v) is 5.44. The van der Waals surface area contributed by atoms with Crippen molar-refractivity contribution >= 4 is 0 Å². The molecule has 0 bridgehead atoms. The van der Waals surface area contributed by atoms with Gasteiger partial charge in [0.2, 0.25) is 0 Å². The van der Waals surface area contributed by atoms with E-state index in [-0.39, 0.29) is 0 Å². The van der Waals surface area contributed by atoms with Crippen LogP contribution >= 0.6 is 0 Å². The highest BCUT2D eigenvalue weighted by atomic mass is 15.5. The van der Waals surface area contributed by atoms with Crippen molar-refractivity contribution in [2.45, 2.75) is 19.9 Å². The molecule has 0 saturated heterocycles. The molecule has 2 heterocycles. The van der Waals surface area contributed by atoms with E-state index in [4.69, 9.17) is 10.1 Å². The number of rotatable bonds is 7. The summed E-state index contributed by atoms with van der Waals surface area (Å²) < 4.78 is 3.69. The van der Waals surface area contributed by atoms with Crippen LogP contribution in [0.2, 0.25) is 0 Å². The predicted octanol–water partition coefficient (Wildman–Crippen LogP) is 4.75. The Bertz CT molecular complexity index is 1370. The van der Waals surface area contributed by atoms with Gasteiger partial charge in [-0.3, -0.25) is 0 Å². The highest BCUT2D eigenvalue weighted by Crippen LogP contribution is 2.30. The standard InChI is InChI=1S/C26H23N7/c1-2-3-17-25-28-26(20-11-5-4-6-12-20)29-32(25)18-21-13-7-8-14-22(21)23-15-9-10-16-24(23)33-19-27-30-31-33/h2-16,19H,17-18H2,1H3/b3-2+. The van der Waals surface area contributed by atoms with Gasteiger partial charge in [-0.15, -0.1) is 5.10 Å². The second kappa shape index (κ2) is 9.40. The molecule has 162 valence electrons. The minimum absolute atomic E-state index is 0.604. The highest BCUT2D eigenvalue weighted by molar-refractivity contribution is 5.75. The van der Waals surface area contributed by atoms with Crippen molar-refractivity contribution in [3.8, 4) is 28.2 Å². The molecule has 5 rings (SSSR count). The summed E-state index contributed by atoms with van der Waals surface area (Å²) >= 11 is 0. The molecule has 5 aromatic rings. The van der Waals surface area contributed by atoms with E-state index in [0.717, 1.165) is 46.0 Å². The number of nitrogens with zero attached hydrogens (tertiary/aromatic N) is 7. The van der Waals surface area contributed by atoms with Crippen molar-refractivity contribution in [2.75, 3.05) is 0 Å². The van der Waals surface area contributed by atoms with Crippen molar-refractivity contribution in [1.29, 1.82) is 0 Å². The molecule has 7 nitrogen and oxygen atoms in total. The molecule has 0 aliphatic rings. The fraction of sp³-hybridized carbons (Fsp3) is 0.115. The van der Waals surface area contributed by atoms with Gasteiger partial charge in [-0.1, -0.05) is 84.9 Å². The van der Waals surface area contributed by atoms with E-state index in [1.165, 1.54) is 0 Å². The van der Waals surface area contributed by atoms with Crippen LogP contribution in [0, 0.1) is 0 Å². The number of hydrogen-bond donors (Lipinski definition) is 0. The molecule has 0 amide bonds. The molecule has 0 aliphatic heterocycles. The molecule has 0 atom stereocenters. The van der Waals surface area contributed by atoms with Gasteiger partial charge in [-0.2, -0.15) is 9.78 Å². The van der Waals surface area contributed by atoms with Gasteiger partial charge in [0.15, 0.2) is 5.82 Å². The molecule has 0 spiro atoms. The van der Waals surface area contributed by atoms with Crippen LogP contribution in [0.15, 0.2) is 97.3 Å². The number of hydrogen-bond acceptors (Lipinski definition) is 5. The van der Waals surface area contributed by atoms with Crippen molar-refractivity contribution in [3.05, 3.63) is 109 Å².